The predicted molar refractivity (Wildman–Crippen MR) is 112 cm³/mol. The number of carbonyl (C=O) groups excluding carboxylic acids is 1. The van der Waals surface area contributed by atoms with Crippen LogP contribution in [0.4, 0.5) is 17.2 Å². The summed E-state index contributed by atoms with van der Waals surface area (Å²) in [7, 11) is 0. The van der Waals surface area contributed by atoms with Gasteiger partial charge in [0, 0.05) is 16.4 Å². The van der Waals surface area contributed by atoms with Crippen molar-refractivity contribution in [1.82, 2.24) is 9.97 Å². The summed E-state index contributed by atoms with van der Waals surface area (Å²) in [5, 5.41) is 6.49. The molecule has 1 amide bonds. The average molecular weight is 397 g/mol. The highest BCUT2D eigenvalue weighted by Gasteiger charge is 2.10. The van der Waals surface area contributed by atoms with Gasteiger partial charge in [0.15, 0.2) is 0 Å². The fourth-order valence-corrected chi connectivity index (χ4v) is 2.63. The van der Waals surface area contributed by atoms with Gasteiger partial charge in [-0.15, -0.1) is 0 Å². The molecule has 0 bridgehead atoms. The fourth-order valence-electron chi connectivity index (χ4n) is 2.46. The minimum absolute atomic E-state index is 0.124. The van der Waals surface area contributed by atoms with E-state index < -0.39 is 0 Å². The van der Waals surface area contributed by atoms with E-state index in [9.17, 15) is 4.79 Å². The lowest BCUT2D eigenvalue weighted by Crippen LogP contribution is -2.15. The van der Waals surface area contributed by atoms with Crippen molar-refractivity contribution in [3.05, 3.63) is 71.1 Å². The number of hydrogen-bond acceptors (Lipinski definition) is 5. The van der Waals surface area contributed by atoms with E-state index in [4.69, 9.17) is 16.3 Å². The van der Waals surface area contributed by atoms with Crippen LogP contribution in [0.15, 0.2) is 54.9 Å². The van der Waals surface area contributed by atoms with Gasteiger partial charge in [-0.3, -0.25) is 4.79 Å². The maximum Gasteiger partial charge on any atom is 0.275 e. The second-order valence-corrected chi connectivity index (χ2v) is 6.95. The predicted octanol–water partition coefficient (Wildman–Crippen LogP) is 5.22. The van der Waals surface area contributed by atoms with Crippen LogP contribution in [-0.2, 0) is 0 Å². The Bertz CT molecular complexity index is 957. The normalized spacial score (nSPS) is 10.6. The van der Waals surface area contributed by atoms with Crippen LogP contribution in [-0.4, -0.2) is 22.0 Å². The van der Waals surface area contributed by atoms with E-state index in [1.165, 1.54) is 12.4 Å². The van der Waals surface area contributed by atoms with Crippen LogP contribution in [0.5, 0.6) is 5.75 Å². The molecule has 28 heavy (non-hydrogen) atoms. The second kappa shape index (κ2) is 8.71. The van der Waals surface area contributed by atoms with E-state index >= 15 is 0 Å². The second-order valence-electron chi connectivity index (χ2n) is 6.52. The number of rotatable bonds is 6. The van der Waals surface area contributed by atoms with Crippen molar-refractivity contribution < 1.29 is 9.53 Å². The first-order valence-corrected chi connectivity index (χ1v) is 9.22. The van der Waals surface area contributed by atoms with E-state index in [-0.39, 0.29) is 17.7 Å². The molecule has 0 saturated heterocycles. The van der Waals surface area contributed by atoms with Crippen LogP contribution in [0.1, 0.15) is 29.9 Å². The lowest BCUT2D eigenvalue weighted by Gasteiger charge is -2.11. The molecule has 3 aromatic rings. The zero-order valence-electron chi connectivity index (χ0n) is 15.9. The highest BCUT2D eigenvalue weighted by molar-refractivity contribution is 6.31. The minimum Gasteiger partial charge on any atom is -0.491 e. The topological polar surface area (TPSA) is 76.1 Å². The molecular formula is C21H21ClN4O2. The molecule has 0 aliphatic carbocycles. The van der Waals surface area contributed by atoms with Gasteiger partial charge in [0.2, 0.25) is 0 Å². The van der Waals surface area contributed by atoms with Crippen molar-refractivity contribution in [2.24, 2.45) is 0 Å². The number of anilines is 3. The maximum absolute atomic E-state index is 12.4. The summed E-state index contributed by atoms with van der Waals surface area (Å²) in [4.78, 5) is 20.8. The number of hydrogen-bond donors (Lipinski definition) is 2. The van der Waals surface area contributed by atoms with Gasteiger partial charge < -0.3 is 15.4 Å². The minimum atomic E-state index is -0.348. The molecule has 1 heterocycles. The molecule has 0 spiro atoms. The van der Waals surface area contributed by atoms with Crippen LogP contribution in [0.25, 0.3) is 0 Å². The van der Waals surface area contributed by atoms with Crippen molar-refractivity contribution in [2.45, 2.75) is 26.9 Å². The van der Waals surface area contributed by atoms with Gasteiger partial charge in [0.25, 0.3) is 5.91 Å². The largest absolute Gasteiger partial charge is 0.491 e. The van der Waals surface area contributed by atoms with Gasteiger partial charge in [-0.25, -0.2) is 9.97 Å². The van der Waals surface area contributed by atoms with Crippen LogP contribution >= 0.6 is 11.6 Å². The smallest absolute Gasteiger partial charge is 0.275 e. The average Bonchev–Trinajstić information content (AvgIpc) is 2.66. The third-order valence-corrected chi connectivity index (χ3v) is 4.07. The SMILES string of the molecule is Cc1ccc(Cl)cc1NC(=O)c1cnc(Nc2ccc(OC(C)C)cc2)cn1. The highest BCUT2D eigenvalue weighted by atomic mass is 35.5. The first-order chi connectivity index (χ1) is 13.4. The van der Waals surface area contributed by atoms with Gasteiger partial charge in [-0.2, -0.15) is 0 Å². The Hall–Kier alpha value is -3.12. The summed E-state index contributed by atoms with van der Waals surface area (Å²) in [5.74, 6) is 0.988. The van der Waals surface area contributed by atoms with Crippen molar-refractivity contribution in [2.75, 3.05) is 10.6 Å². The molecular weight excluding hydrogens is 376 g/mol. The molecule has 0 fully saturated rings. The monoisotopic (exact) mass is 396 g/mol. The highest BCUT2D eigenvalue weighted by Crippen LogP contribution is 2.21. The summed E-state index contributed by atoms with van der Waals surface area (Å²) < 4.78 is 5.62. The van der Waals surface area contributed by atoms with E-state index in [1.54, 1.807) is 12.1 Å². The van der Waals surface area contributed by atoms with Crippen LogP contribution < -0.4 is 15.4 Å². The summed E-state index contributed by atoms with van der Waals surface area (Å²) in [6.07, 6.45) is 3.06. The van der Waals surface area contributed by atoms with Crippen LogP contribution in [0.2, 0.25) is 5.02 Å². The molecule has 0 aliphatic rings. The quantitative estimate of drug-likeness (QED) is 0.597. The molecule has 0 aliphatic heterocycles. The van der Waals surface area contributed by atoms with Gasteiger partial charge in [-0.05, 0) is 62.7 Å². The number of ether oxygens (including phenoxy) is 1. The molecule has 0 unspecified atom stereocenters. The van der Waals surface area contributed by atoms with Crippen molar-refractivity contribution in [3.8, 4) is 5.75 Å². The number of nitrogens with one attached hydrogen (secondary N) is 2. The molecule has 1 aromatic heterocycles. The molecule has 6 nitrogen and oxygen atoms in total. The number of nitrogens with zero attached hydrogens (tertiary/aromatic N) is 2. The Balaban J connectivity index is 1.64. The van der Waals surface area contributed by atoms with Crippen molar-refractivity contribution in [1.29, 1.82) is 0 Å². The number of amides is 1. The Morgan fingerprint density at radius 1 is 1.07 bits per heavy atom. The molecule has 0 radical (unpaired) electrons. The number of halogens is 1. The summed E-state index contributed by atoms with van der Waals surface area (Å²) in [5.41, 5.74) is 2.61. The van der Waals surface area contributed by atoms with Gasteiger partial charge in [-0.1, -0.05) is 17.7 Å². The summed E-state index contributed by atoms with van der Waals surface area (Å²) in [6.45, 7) is 5.85. The van der Waals surface area contributed by atoms with Crippen molar-refractivity contribution in [3.63, 3.8) is 0 Å². The summed E-state index contributed by atoms with van der Waals surface area (Å²) >= 11 is 5.98. The Labute approximate surface area is 168 Å². The third-order valence-electron chi connectivity index (χ3n) is 3.83. The standard InChI is InChI=1S/C21H21ClN4O2/c1-13(2)28-17-8-6-16(7-9-17)25-20-12-23-19(11-24-20)21(27)26-18-10-15(22)5-4-14(18)3/h4-13H,1-3H3,(H,24,25)(H,26,27). The van der Waals surface area contributed by atoms with Crippen LogP contribution in [0, 0.1) is 6.92 Å². The summed E-state index contributed by atoms with van der Waals surface area (Å²) in [6, 6.07) is 12.9. The molecule has 7 heteroatoms. The number of benzene rings is 2. The molecule has 2 aromatic carbocycles. The Morgan fingerprint density at radius 3 is 2.46 bits per heavy atom. The molecule has 2 N–H and O–H groups in total. The maximum atomic E-state index is 12.4. The van der Waals surface area contributed by atoms with Gasteiger partial charge in [0.1, 0.15) is 17.3 Å². The molecule has 3 rings (SSSR count). The number of aryl methyl sites for hydroxylation is 1. The zero-order chi connectivity index (χ0) is 20.1. The Kier molecular flexibility index (Phi) is 6.11. The number of carbonyl (C=O) groups is 1. The first kappa shape index (κ1) is 19.6. The zero-order valence-corrected chi connectivity index (χ0v) is 16.6. The number of aromatic nitrogens is 2. The van der Waals surface area contributed by atoms with Gasteiger partial charge >= 0.3 is 0 Å². The lowest BCUT2D eigenvalue weighted by atomic mass is 10.2. The van der Waals surface area contributed by atoms with Gasteiger partial charge in [0.05, 0.1) is 18.5 Å². The lowest BCUT2D eigenvalue weighted by molar-refractivity contribution is 0.102. The Morgan fingerprint density at radius 2 is 1.82 bits per heavy atom. The molecule has 0 atom stereocenters. The van der Waals surface area contributed by atoms with Crippen LogP contribution in [0.3, 0.4) is 0 Å². The van der Waals surface area contributed by atoms with E-state index in [1.807, 2.05) is 51.1 Å². The van der Waals surface area contributed by atoms with E-state index in [0.29, 0.717) is 16.5 Å². The first-order valence-electron chi connectivity index (χ1n) is 8.84. The van der Waals surface area contributed by atoms with E-state index in [2.05, 4.69) is 20.6 Å². The van der Waals surface area contributed by atoms with E-state index in [0.717, 1.165) is 17.0 Å². The van der Waals surface area contributed by atoms with Crippen molar-refractivity contribution >= 4 is 34.7 Å². The molecule has 144 valence electrons. The third kappa shape index (κ3) is 5.20. The fraction of sp³-hybridized carbons (Fsp3) is 0.190. The molecule has 0 saturated carbocycles.